The van der Waals surface area contributed by atoms with Crippen molar-refractivity contribution in [2.45, 2.75) is 12.1 Å². The van der Waals surface area contributed by atoms with Crippen LogP contribution in [0.4, 0.5) is 4.39 Å². The maximum atomic E-state index is 13.1. The number of likely N-dealkylation sites (N-methyl/N-ethyl adjacent to an activating group) is 1. The van der Waals surface area contributed by atoms with E-state index in [1.807, 2.05) is 0 Å². The van der Waals surface area contributed by atoms with Crippen LogP contribution in [-0.2, 0) is 0 Å². The molecule has 6 heteroatoms. The van der Waals surface area contributed by atoms with Gasteiger partial charge in [-0.25, -0.2) is 4.39 Å². The molecule has 0 saturated carbocycles. The monoisotopic (exact) mass is 316 g/mol. The molecular formula is C12H14BrFN2O2. The van der Waals surface area contributed by atoms with Crippen LogP contribution in [0.15, 0.2) is 22.7 Å². The van der Waals surface area contributed by atoms with E-state index < -0.39 is 11.9 Å². The lowest BCUT2D eigenvalue weighted by Crippen LogP contribution is -2.44. The number of hydrogen-bond donors (Lipinski definition) is 2. The lowest BCUT2D eigenvalue weighted by molar-refractivity contribution is 0.0581. The first-order valence-electron chi connectivity index (χ1n) is 5.61. The highest BCUT2D eigenvalue weighted by Gasteiger charge is 2.31. The molecule has 0 aliphatic carbocycles. The van der Waals surface area contributed by atoms with Gasteiger partial charge in [0.25, 0.3) is 5.91 Å². The summed E-state index contributed by atoms with van der Waals surface area (Å²) in [4.78, 5) is 13.7. The molecule has 1 aromatic carbocycles. The number of benzene rings is 1. The minimum atomic E-state index is -0.567. The number of amides is 1. The topological polar surface area (TPSA) is 52.6 Å². The van der Waals surface area contributed by atoms with Gasteiger partial charge in [0.2, 0.25) is 0 Å². The average Bonchev–Trinajstić information content (AvgIpc) is 2.77. The number of halogens is 2. The first-order valence-corrected chi connectivity index (χ1v) is 6.41. The second-order valence-corrected chi connectivity index (χ2v) is 5.19. The van der Waals surface area contributed by atoms with Gasteiger partial charge in [0.05, 0.1) is 16.6 Å². The molecule has 2 rings (SSSR count). The second-order valence-electron chi connectivity index (χ2n) is 4.34. The van der Waals surface area contributed by atoms with E-state index in [2.05, 4.69) is 21.2 Å². The maximum absolute atomic E-state index is 13.1. The van der Waals surface area contributed by atoms with Crippen molar-refractivity contribution in [3.63, 3.8) is 0 Å². The van der Waals surface area contributed by atoms with Gasteiger partial charge in [-0.15, -0.1) is 0 Å². The van der Waals surface area contributed by atoms with Crippen LogP contribution in [0, 0.1) is 5.82 Å². The average molecular weight is 317 g/mol. The standard InChI is InChI=1S/C12H14BrFN2O2/c1-16(10-5-15-6-11(10)17)12(18)7-2-3-9(14)8(13)4-7/h2-4,10-11,15,17H,5-6H2,1H3/t10-,11-/m1/s1. The van der Waals surface area contributed by atoms with Crippen molar-refractivity contribution in [3.05, 3.63) is 34.1 Å². The predicted molar refractivity (Wildman–Crippen MR) is 68.9 cm³/mol. The van der Waals surface area contributed by atoms with Crippen LogP contribution in [0.25, 0.3) is 0 Å². The van der Waals surface area contributed by atoms with E-state index in [0.29, 0.717) is 18.7 Å². The van der Waals surface area contributed by atoms with E-state index in [-0.39, 0.29) is 16.4 Å². The summed E-state index contributed by atoms with van der Waals surface area (Å²) >= 11 is 3.05. The molecule has 1 aromatic rings. The van der Waals surface area contributed by atoms with Gasteiger partial charge in [0, 0.05) is 25.7 Å². The molecule has 1 aliphatic heterocycles. The Morgan fingerprint density at radius 1 is 1.56 bits per heavy atom. The van der Waals surface area contributed by atoms with Crippen molar-refractivity contribution in [1.82, 2.24) is 10.2 Å². The number of nitrogens with zero attached hydrogens (tertiary/aromatic N) is 1. The van der Waals surface area contributed by atoms with Crippen LogP contribution >= 0.6 is 15.9 Å². The van der Waals surface area contributed by atoms with Crippen molar-refractivity contribution in [2.75, 3.05) is 20.1 Å². The van der Waals surface area contributed by atoms with E-state index >= 15 is 0 Å². The number of nitrogens with one attached hydrogen (secondary N) is 1. The van der Waals surface area contributed by atoms with Crippen molar-refractivity contribution in [1.29, 1.82) is 0 Å². The van der Waals surface area contributed by atoms with E-state index in [1.54, 1.807) is 7.05 Å². The quantitative estimate of drug-likeness (QED) is 0.855. The van der Waals surface area contributed by atoms with Gasteiger partial charge in [0.1, 0.15) is 5.82 Å². The third-order valence-electron chi connectivity index (χ3n) is 3.14. The smallest absolute Gasteiger partial charge is 0.254 e. The molecule has 1 heterocycles. The molecule has 98 valence electrons. The van der Waals surface area contributed by atoms with Crippen LogP contribution in [0.5, 0.6) is 0 Å². The van der Waals surface area contributed by atoms with Gasteiger partial charge in [-0.1, -0.05) is 0 Å². The van der Waals surface area contributed by atoms with Gasteiger partial charge in [-0.2, -0.15) is 0 Å². The second kappa shape index (κ2) is 5.34. The van der Waals surface area contributed by atoms with Crippen molar-refractivity contribution < 1.29 is 14.3 Å². The SMILES string of the molecule is CN(C(=O)c1ccc(F)c(Br)c1)[C@@H]1CNC[C@H]1O. The Balaban J connectivity index is 2.17. The third-order valence-corrected chi connectivity index (χ3v) is 3.74. The number of rotatable bonds is 2. The predicted octanol–water partition coefficient (Wildman–Crippen LogP) is 0.993. The van der Waals surface area contributed by atoms with Gasteiger partial charge in [-0.05, 0) is 34.1 Å². The lowest BCUT2D eigenvalue weighted by Gasteiger charge is -2.26. The first kappa shape index (κ1) is 13.5. The molecule has 4 nitrogen and oxygen atoms in total. The zero-order chi connectivity index (χ0) is 13.3. The van der Waals surface area contributed by atoms with E-state index in [4.69, 9.17) is 0 Å². The minimum absolute atomic E-state index is 0.233. The fourth-order valence-corrected chi connectivity index (χ4v) is 2.41. The summed E-state index contributed by atoms with van der Waals surface area (Å²) in [7, 11) is 1.64. The summed E-state index contributed by atoms with van der Waals surface area (Å²) in [6.07, 6.45) is -0.567. The minimum Gasteiger partial charge on any atom is -0.390 e. The van der Waals surface area contributed by atoms with Gasteiger partial charge >= 0.3 is 0 Å². The Morgan fingerprint density at radius 2 is 2.28 bits per heavy atom. The van der Waals surface area contributed by atoms with E-state index in [1.165, 1.54) is 23.1 Å². The number of carbonyl (C=O) groups is 1. The molecule has 2 atom stereocenters. The third kappa shape index (κ3) is 2.55. The Kier molecular flexibility index (Phi) is 3.99. The fraction of sp³-hybridized carbons (Fsp3) is 0.417. The molecule has 0 unspecified atom stereocenters. The molecule has 0 bridgehead atoms. The van der Waals surface area contributed by atoms with Gasteiger partial charge < -0.3 is 15.3 Å². The van der Waals surface area contributed by atoms with E-state index in [0.717, 1.165) is 0 Å². The summed E-state index contributed by atoms with van der Waals surface area (Å²) in [5.74, 6) is -0.639. The molecule has 0 spiro atoms. The van der Waals surface area contributed by atoms with Gasteiger partial charge in [-0.3, -0.25) is 4.79 Å². The lowest BCUT2D eigenvalue weighted by atomic mass is 10.1. The fourth-order valence-electron chi connectivity index (χ4n) is 2.03. The normalized spacial score (nSPS) is 23.1. The van der Waals surface area contributed by atoms with E-state index in [9.17, 15) is 14.3 Å². The van der Waals surface area contributed by atoms with Crippen molar-refractivity contribution in [2.24, 2.45) is 0 Å². The number of carbonyl (C=O) groups excluding carboxylic acids is 1. The highest BCUT2D eigenvalue weighted by Crippen LogP contribution is 2.19. The molecule has 1 aliphatic rings. The zero-order valence-electron chi connectivity index (χ0n) is 9.86. The molecular weight excluding hydrogens is 303 g/mol. The Bertz CT molecular complexity index is 469. The Morgan fingerprint density at radius 3 is 2.83 bits per heavy atom. The summed E-state index contributed by atoms with van der Waals surface area (Å²) < 4.78 is 13.4. The van der Waals surface area contributed by atoms with Crippen LogP contribution < -0.4 is 5.32 Å². The molecule has 18 heavy (non-hydrogen) atoms. The molecule has 1 amide bonds. The van der Waals surface area contributed by atoms with Crippen LogP contribution in [0.3, 0.4) is 0 Å². The number of β-amino-alcohol motifs (C(OH)–C–C–N with tert-alkyl or cyclic N) is 1. The maximum Gasteiger partial charge on any atom is 0.254 e. The number of hydrogen-bond acceptors (Lipinski definition) is 3. The van der Waals surface area contributed by atoms with Crippen LogP contribution in [-0.4, -0.2) is 48.2 Å². The Hall–Kier alpha value is -0.980. The molecule has 0 aromatic heterocycles. The van der Waals surface area contributed by atoms with Crippen LogP contribution in [0.2, 0.25) is 0 Å². The number of aliphatic hydroxyl groups is 1. The summed E-state index contributed by atoms with van der Waals surface area (Å²) in [5.41, 5.74) is 0.393. The van der Waals surface area contributed by atoms with Crippen LogP contribution in [0.1, 0.15) is 10.4 Å². The molecule has 1 saturated heterocycles. The number of aliphatic hydroxyl groups excluding tert-OH is 1. The van der Waals surface area contributed by atoms with Crippen molar-refractivity contribution in [3.8, 4) is 0 Å². The molecule has 0 radical (unpaired) electrons. The molecule has 2 N–H and O–H groups in total. The summed E-state index contributed by atoms with van der Waals surface area (Å²) in [6, 6.07) is 3.88. The van der Waals surface area contributed by atoms with Gasteiger partial charge in [0.15, 0.2) is 0 Å². The summed E-state index contributed by atoms with van der Waals surface area (Å²) in [5, 5.41) is 12.7. The molecule has 1 fully saturated rings. The zero-order valence-corrected chi connectivity index (χ0v) is 11.4. The highest BCUT2D eigenvalue weighted by atomic mass is 79.9. The highest BCUT2D eigenvalue weighted by molar-refractivity contribution is 9.10. The Labute approximate surface area is 113 Å². The van der Waals surface area contributed by atoms with Crippen molar-refractivity contribution >= 4 is 21.8 Å². The largest absolute Gasteiger partial charge is 0.390 e. The first-order chi connectivity index (χ1) is 8.50. The summed E-state index contributed by atoms with van der Waals surface area (Å²) in [6.45, 7) is 1.04.